The standard InChI is InChI=1S/C13H25NO2/c1-5-6-9-16-13(15)12(4)14-10(2)7-8-11(14)3/h10-12H,5-9H2,1-4H3. The Kier molecular flexibility index (Phi) is 5.26. The molecule has 0 amide bonds. The first-order chi connectivity index (χ1) is 7.57. The number of nitrogens with zero attached hydrogens (tertiary/aromatic N) is 1. The Hall–Kier alpha value is -0.570. The average Bonchev–Trinajstić information content (AvgIpc) is 2.58. The van der Waals surface area contributed by atoms with Crippen molar-refractivity contribution in [1.29, 1.82) is 0 Å². The Balaban J connectivity index is 2.43. The van der Waals surface area contributed by atoms with E-state index in [2.05, 4.69) is 25.7 Å². The fourth-order valence-electron chi connectivity index (χ4n) is 2.54. The highest BCUT2D eigenvalue weighted by Gasteiger charge is 2.34. The van der Waals surface area contributed by atoms with Crippen molar-refractivity contribution in [3.63, 3.8) is 0 Å². The highest BCUT2D eigenvalue weighted by molar-refractivity contribution is 5.75. The van der Waals surface area contributed by atoms with Crippen LogP contribution in [0.3, 0.4) is 0 Å². The molecule has 1 heterocycles. The van der Waals surface area contributed by atoms with Crippen molar-refractivity contribution in [2.45, 2.75) is 71.5 Å². The lowest BCUT2D eigenvalue weighted by Gasteiger charge is -2.30. The molecule has 3 atom stereocenters. The first-order valence-corrected chi connectivity index (χ1v) is 6.52. The fourth-order valence-corrected chi connectivity index (χ4v) is 2.54. The normalized spacial score (nSPS) is 28.0. The first-order valence-electron chi connectivity index (χ1n) is 6.52. The molecule has 3 unspecified atom stereocenters. The molecule has 0 saturated carbocycles. The summed E-state index contributed by atoms with van der Waals surface area (Å²) >= 11 is 0. The maximum absolute atomic E-state index is 11.8. The Morgan fingerprint density at radius 2 is 1.94 bits per heavy atom. The zero-order valence-electron chi connectivity index (χ0n) is 11.0. The Bertz CT molecular complexity index is 220. The summed E-state index contributed by atoms with van der Waals surface area (Å²) < 4.78 is 5.27. The number of esters is 1. The van der Waals surface area contributed by atoms with E-state index < -0.39 is 0 Å². The maximum Gasteiger partial charge on any atom is 0.323 e. The van der Waals surface area contributed by atoms with E-state index >= 15 is 0 Å². The summed E-state index contributed by atoms with van der Waals surface area (Å²) in [6, 6.07) is 0.914. The number of hydrogen-bond acceptors (Lipinski definition) is 3. The molecule has 3 nitrogen and oxygen atoms in total. The van der Waals surface area contributed by atoms with E-state index in [1.165, 1.54) is 12.8 Å². The predicted molar refractivity (Wildman–Crippen MR) is 65.3 cm³/mol. The van der Waals surface area contributed by atoms with Gasteiger partial charge in [-0.3, -0.25) is 9.69 Å². The molecule has 0 aromatic carbocycles. The van der Waals surface area contributed by atoms with E-state index in [4.69, 9.17) is 4.74 Å². The van der Waals surface area contributed by atoms with Gasteiger partial charge in [-0.1, -0.05) is 13.3 Å². The average molecular weight is 227 g/mol. The van der Waals surface area contributed by atoms with Gasteiger partial charge in [-0.25, -0.2) is 0 Å². The smallest absolute Gasteiger partial charge is 0.323 e. The van der Waals surface area contributed by atoms with Gasteiger partial charge in [0.1, 0.15) is 6.04 Å². The van der Waals surface area contributed by atoms with Crippen LogP contribution in [-0.2, 0) is 9.53 Å². The number of carbonyl (C=O) groups excluding carboxylic acids is 1. The van der Waals surface area contributed by atoms with Crippen molar-refractivity contribution in [3.05, 3.63) is 0 Å². The quantitative estimate of drug-likeness (QED) is 0.534. The number of rotatable bonds is 5. The van der Waals surface area contributed by atoms with Gasteiger partial charge in [0.2, 0.25) is 0 Å². The second kappa shape index (κ2) is 6.24. The van der Waals surface area contributed by atoms with Gasteiger partial charge in [0.05, 0.1) is 6.61 Å². The van der Waals surface area contributed by atoms with Crippen LogP contribution in [0.15, 0.2) is 0 Å². The molecule has 94 valence electrons. The molecule has 0 aromatic heterocycles. The third-order valence-electron chi connectivity index (χ3n) is 3.55. The summed E-state index contributed by atoms with van der Waals surface area (Å²) in [5.74, 6) is -0.0611. The molecule has 1 fully saturated rings. The highest BCUT2D eigenvalue weighted by Crippen LogP contribution is 2.26. The third kappa shape index (κ3) is 3.21. The molecule has 0 spiro atoms. The molecule has 0 bridgehead atoms. The Morgan fingerprint density at radius 1 is 1.38 bits per heavy atom. The van der Waals surface area contributed by atoms with Gasteiger partial charge in [-0.15, -0.1) is 0 Å². The van der Waals surface area contributed by atoms with Crippen LogP contribution in [0, 0.1) is 0 Å². The molecule has 1 aliphatic heterocycles. The van der Waals surface area contributed by atoms with Crippen LogP contribution in [0.4, 0.5) is 0 Å². The number of carbonyl (C=O) groups is 1. The number of unbranched alkanes of at least 4 members (excludes halogenated alkanes) is 1. The topological polar surface area (TPSA) is 29.5 Å². The minimum atomic E-state index is -0.0932. The van der Waals surface area contributed by atoms with Crippen LogP contribution in [0.25, 0.3) is 0 Å². The molecule has 1 saturated heterocycles. The second-order valence-electron chi connectivity index (χ2n) is 4.92. The van der Waals surface area contributed by atoms with Gasteiger partial charge in [0.25, 0.3) is 0 Å². The van der Waals surface area contributed by atoms with Crippen LogP contribution >= 0.6 is 0 Å². The molecule has 1 aliphatic rings. The summed E-state index contributed by atoms with van der Waals surface area (Å²) in [6.45, 7) is 9.02. The summed E-state index contributed by atoms with van der Waals surface area (Å²) in [4.78, 5) is 14.1. The van der Waals surface area contributed by atoms with Gasteiger partial charge in [-0.05, 0) is 40.0 Å². The van der Waals surface area contributed by atoms with Crippen LogP contribution in [-0.4, -0.2) is 35.6 Å². The van der Waals surface area contributed by atoms with Gasteiger partial charge >= 0.3 is 5.97 Å². The third-order valence-corrected chi connectivity index (χ3v) is 3.55. The van der Waals surface area contributed by atoms with Crippen molar-refractivity contribution in [1.82, 2.24) is 4.90 Å². The molecule has 0 aromatic rings. The van der Waals surface area contributed by atoms with Crippen molar-refractivity contribution >= 4 is 5.97 Å². The van der Waals surface area contributed by atoms with E-state index in [1.807, 2.05) is 6.92 Å². The number of likely N-dealkylation sites (tertiary alicyclic amines) is 1. The van der Waals surface area contributed by atoms with Crippen molar-refractivity contribution in [2.24, 2.45) is 0 Å². The first kappa shape index (κ1) is 13.5. The molecule has 0 radical (unpaired) electrons. The number of hydrogen-bond donors (Lipinski definition) is 0. The number of ether oxygens (including phenoxy) is 1. The van der Waals surface area contributed by atoms with E-state index in [-0.39, 0.29) is 12.0 Å². The Labute approximate surface area is 99.1 Å². The van der Waals surface area contributed by atoms with Crippen molar-refractivity contribution in [3.8, 4) is 0 Å². The van der Waals surface area contributed by atoms with E-state index in [0.29, 0.717) is 18.7 Å². The molecule has 0 N–H and O–H groups in total. The molecule has 3 heteroatoms. The van der Waals surface area contributed by atoms with E-state index in [9.17, 15) is 4.79 Å². The Morgan fingerprint density at radius 3 is 2.44 bits per heavy atom. The summed E-state index contributed by atoms with van der Waals surface area (Å²) in [5, 5.41) is 0. The molecule has 1 rings (SSSR count). The summed E-state index contributed by atoms with van der Waals surface area (Å²) in [7, 11) is 0. The minimum absolute atomic E-state index is 0.0611. The molecular formula is C13H25NO2. The van der Waals surface area contributed by atoms with Crippen LogP contribution < -0.4 is 0 Å². The zero-order valence-corrected chi connectivity index (χ0v) is 11.0. The molecule has 0 aliphatic carbocycles. The van der Waals surface area contributed by atoms with Crippen LogP contribution in [0.5, 0.6) is 0 Å². The van der Waals surface area contributed by atoms with Gasteiger partial charge < -0.3 is 4.74 Å². The largest absolute Gasteiger partial charge is 0.465 e. The van der Waals surface area contributed by atoms with Gasteiger partial charge in [0, 0.05) is 12.1 Å². The van der Waals surface area contributed by atoms with Crippen LogP contribution in [0.2, 0.25) is 0 Å². The van der Waals surface area contributed by atoms with E-state index in [1.54, 1.807) is 0 Å². The van der Waals surface area contributed by atoms with Crippen LogP contribution in [0.1, 0.15) is 53.4 Å². The lowest BCUT2D eigenvalue weighted by molar-refractivity contribution is -0.150. The lowest BCUT2D eigenvalue weighted by atomic mass is 10.2. The lowest BCUT2D eigenvalue weighted by Crippen LogP contribution is -2.45. The maximum atomic E-state index is 11.8. The van der Waals surface area contributed by atoms with Gasteiger partial charge in [-0.2, -0.15) is 0 Å². The van der Waals surface area contributed by atoms with Gasteiger partial charge in [0.15, 0.2) is 0 Å². The van der Waals surface area contributed by atoms with Crippen molar-refractivity contribution < 1.29 is 9.53 Å². The molecule has 16 heavy (non-hydrogen) atoms. The summed E-state index contributed by atoms with van der Waals surface area (Å²) in [6.07, 6.45) is 4.41. The SMILES string of the molecule is CCCCOC(=O)C(C)N1C(C)CCC1C. The van der Waals surface area contributed by atoms with E-state index in [0.717, 1.165) is 12.8 Å². The second-order valence-corrected chi connectivity index (χ2v) is 4.92. The summed E-state index contributed by atoms with van der Waals surface area (Å²) in [5.41, 5.74) is 0. The highest BCUT2D eigenvalue weighted by atomic mass is 16.5. The zero-order chi connectivity index (χ0) is 12.1. The monoisotopic (exact) mass is 227 g/mol. The molecular weight excluding hydrogens is 202 g/mol. The predicted octanol–water partition coefficient (Wildman–Crippen LogP) is 2.59. The fraction of sp³-hybridized carbons (Fsp3) is 0.923. The van der Waals surface area contributed by atoms with Crippen molar-refractivity contribution in [2.75, 3.05) is 6.61 Å². The minimum Gasteiger partial charge on any atom is -0.465 e.